The van der Waals surface area contributed by atoms with Crippen molar-refractivity contribution < 1.29 is 13.2 Å². The maximum atomic E-state index is 12.5. The molecule has 1 N–H and O–H groups in total. The van der Waals surface area contributed by atoms with Crippen LogP contribution in [-0.2, 0) is 21.2 Å². The predicted octanol–water partition coefficient (Wildman–Crippen LogP) is 2.15. The fourth-order valence-electron chi connectivity index (χ4n) is 2.89. The zero-order valence-electron chi connectivity index (χ0n) is 13.6. The second-order valence-electron chi connectivity index (χ2n) is 5.89. The van der Waals surface area contributed by atoms with Gasteiger partial charge in [-0.25, -0.2) is 8.42 Å². The van der Waals surface area contributed by atoms with E-state index in [2.05, 4.69) is 10.3 Å². The molecule has 0 bridgehead atoms. The summed E-state index contributed by atoms with van der Waals surface area (Å²) in [5, 5.41) is 2.92. The molecule has 1 aromatic heterocycles. The monoisotopic (exact) mass is 345 g/mol. The molecule has 0 spiro atoms. The molecule has 3 rings (SSSR count). The lowest BCUT2D eigenvalue weighted by Gasteiger charge is -2.18. The minimum Gasteiger partial charge on any atom is -0.325 e. The first kappa shape index (κ1) is 16.4. The smallest absolute Gasteiger partial charge is 0.232 e. The molecule has 126 valence electrons. The Balaban J connectivity index is 1.85. The van der Waals surface area contributed by atoms with Crippen LogP contribution in [0.2, 0.25) is 0 Å². The number of carbonyl (C=O) groups excluding carboxylic acids is 1. The van der Waals surface area contributed by atoms with E-state index in [9.17, 15) is 13.2 Å². The molecule has 6 nitrogen and oxygen atoms in total. The molecule has 1 atom stereocenters. The standard InChI is InChI=1S/C17H19N3O3S/c1-12(13-5-4-9-18-11-13)17(21)19-15-6-3-7-16-14(15)8-10-20(16)24(2,22)23/h3-7,9,11-12H,8,10H2,1-2H3,(H,19,21)/t12-/m0/s1. The van der Waals surface area contributed by atoms with Crippen LogP contribution in [0.25, 0.3) is 0 Å². The van der Waals surface area contributed by atoms with E-state index in [0.717, 1.165) is 11.1 Å². The van der Waals surface area contributed by atoms with Crippen LogP contribution >= 0.6 is 0 Å². The lowest BCUT2D eigenvalue weighted by molar-refractivity contribution is -0.117. The molecule has 1 amide bonds. The van der Waals surface area contributed by atoms with Crippen LogP contribution in [0.1, 0.15) is 24.0 Å². The van der Waals surface area contributed by atoms with Gasteiger partial charge in [0.2, 0.25) is 15.9 Å². The van der Waals surface area contributed by atoms with Gasteiger partial charge in [-0.1, -0.05) is 12.1 Å². The number of hydrogen-bond donors (Lipinski definition) is 1. The van der Waals surface area contributed by atoms with Crippen molar-refractivity contribution in [2.45, 2.75) is 19.3 Å². The van der Waals surface area contributed by atoms with Gasteiger partial charge in [-0.2, -0.15) is 0 Å². The van der Waals surface area contributed by atoms with Gasteiger partial charge in [0, 0.05) is 30.2 Å². The Hall–Kier alpha value is -2.41. The van der Waals surface area contributed by atoms with Crippen LogP contribution in [-0.4, -0.2) is 32.1 Å². The number of pyridine rings is 1. The van der Waals surface area contributed by atoms with E-state index in [1.165, 1.54) is 10.6 Å². The Bertz CT molecular complexity index is 866. The summed E-state index contributed by atoms with van der Waals surface area (Å²) in [4.78, 5) is 16.6. The minimum absolute atomic E-state index is 0.144. The molecule has 2 aromatic rings. The molecule has 1 aromatic carbocycles. The molecule has 0 unspecified atom stereocenters. The van der Waals surface area contributed by atoms with Gasteiger partial charge in [-0.3, -0.25) is 14.1 Å². The molecule has 0 fully saturated rings. The summed E-state index contributed by atoms with van der Waals surface area (Å²) in [7, 11) is -3.31. The van der Waals surface area contributed by atoms with Crippen molar-refractivity contribution in [1.82, 2.24) is 4.98 Å². The van der Waals surface area contributed by atoms with Crippen LogP contribution < -0.4 is 9.62 Å². The summed E-state index contributed by atoms with van der Waals surface area (Å²) in [6, 6.07) is 8.98. The number of aromatic nitrogens is 1. The molecular formula is C17H19N3O3S. The normalized spacial score (nSPS) is 15.0. The highest BCUT2D eigenvalue weighted by atomic mass is 32.2. The van der Waals surface area contributed by atoms with Crippen molar-refractivity contribution in [1.29, 1.82) is 0 Å². The first-order chi connectivity index (χ1) is 11.4. The Morgan fingerprint density at radius 1 is 1.29 bits per heavy atom. The molecule has 0 radical (unpaired) electrons. The minimum atomic E-state index is -3.31. The summed E-state index contributed by atoms with van der Waals surface area (Å²) >= 11 is 0. The number of nitrogens with one attached hydrogen (secondary N) is 1. The van der Waals surface area contributed by atoms with Crippen LogP contribution in [0.15, 0.2) is 42.7 Å². The van der Waals surface area contributed by atoms with Gasteiger partial charge >= 0.3 is 0 Å². The summed E-state index contributed by atoms with van der Waals surface area (Å²) in [5.74, 6) is -0.490. The number of carbonyl (C=O) groups is 1. The maximum absolute atomic E-state index is 12.5. The molecule has 24 heavy (non-hydrogen) atoms. The third kappa shape index (κ3) is 3.12. The van der Waals surface area contributed by atoms with E-state index < -0.39 is 10.0 Å². The molecule has 0 aliphatic carbocycles. The SMILES string of the molecule is C[C@H](C(=O)Nc1cccc2c1CCN2S(C)(=O)=O)c1cccnc1. The van der Waals surface area contributed by atoms with Crippen LogP contribution in [0.4, 0.5) is 11.4 Å². The quantitative estimate of drug-likeness (QED) is 0.921. The number of fused-ring (bicyclic) bond motifs is 1. The zero-order valence-corrected chi connectivity index (χ0v) is 14.4. The van der Waals surface area contributed by atoms with Crippen molar-refractivity contribution in [3.8, 4) is 0 Å². The lowest BCUT2D eigenvalue weighted by atomic mass is 10.0. The fourth-order valence-corrected chi connectivity index (χ4v) is 3.84. The van der Waals surface area contributed by atoms with Crippen molar-refractivity contribution in [2.75, 3.05) is 22.4 Å². The van der Waals surface area contributed by atoms with Crippen LogP contribution in [0.5, 0.6) is 0 Å². The van der Waals surface area contributed by atoms with Crippen LogP contribution in [0, 0.1) is 0 Å². The summed E-state index contributed by atoms with van der Waals surface area (Å²) in [6.07, 6.45) is 5.11. The summed E-state index contributed by atoms with van der Waals surface area (Å²) in [5.41, 5.74) is 3.00. The zero-order chi connectivity index (χ0) is 17.3. The van der Waals surface area contributed by atoms with E-state index in [1.54, 1.807) is 36.7 Å². The lowest BCUT2D eigenvalue weighted by Crippen LogP contribution is -2.27. The van der Waals surface area contributed by atoms with Gasteiger partial charge in [-0.05, 0) is 37.1 Å². The second kappa shape index (κ2) is 6.24. The number of anilines is 2. The van der Waals surface area contributed by atoms with E-state index in [0.29, 0.717) is 24.3 Å². The second-order valence-corrected chi connectivity index (χ2v) is 7.79. The topological polar surface area (TPSA) is 79.4 Å². The highest BCUT2D eigenvalue weighted by Gasteiger charge is 2.28. The number of rotatable bonds is 4. The van der Waals surface area contributed by atoms with Crippen molar-refractivity contribution in [3.05, 3.63) is 53.9 Å². The predicted molar refractivity (Wildman–Crippen MR) is 93.6 cm³/mol. The largest absolute Gasteiger partial charge is 0.325 e. The Kier molecular flexibility index (Phi) is 4.28. The van der Waals surface area contributed by atoms with Crippen molar-refractivity contribution >= 4 is 27.3 Å². The fraction of sp³-hybridized carbons (Fsp3) is 0.294. The molecule has 1 aliphatic rings. The highest BCUT2D eigenvalue weighted by Crippen LogP contribution is 2.35. The van der Waals surface area contributed by atoms with Gasteiger partial charge in [0.05, 0.1) is 17.9 Å². The number of benzene rings is 1. The van der Waals surface area contributed by atoms with E-state index in [4.69, 9.17) is 0 Å². The van der Waals surface area contributed by atoms with Gasteiger partial charge in [-0.15, -0.1) is 0 Å². The molecule has 7 heteroatoms. The average Bonchev–Trinajstić information content (AvgIpc) is 3.00. The van der Waals surface area contributed by atoms with Gasteiger partial charge in [0.1, 0.15) is 0 Å². The first-order valence-corrected chi connectivity index (χ1v) is 9.53. The van der Waals surface area contributed by atoms with Crippen molar-refractivity contribution in [2.24, 2.45) is 0 Å². The van der Waals surface area contributed by atoms with E-state index in [1.807, 2.05) is 13.0 Å². The Morgan fingerprint density at radius 3 is 2.75 bits per heavy atom. The number of amides is 1. The first-order valence-electron chi connectivity index (χ1n) is 7.68. The Morgan fingerprint density at radius 2 is 2.08 bits per heavy atom. The molecule has 1 aliphatic heterocycles. The average molecular weight is 345 g/mol. The molecular weight excluding hydrogens is 326 g/mol. The summed E-state index contributed by atoms with van der Waals surface area (Å²) in [6.45, 7) is 2.22. The third-order valence-electron chi connectivity index (χ3n) is 4.22. The molecule has 2 heterocycles. The van der Waals surface area contributed by atoms with Gasteiger partial charge < -0.3 is 5.32 Å². The molecule has 0 saturated carbocycles. The Labute approximate surface area is 141 Å². The van der Waals surface area contributed by atoms with Gasteiger partial charge in [0.25, 0.3) is 0 Å². The highest BCUT2D eigenvalue weighted by molar-refractivity contribution is 7.92. The van der Waals surface area contributed by atoms with Gasteiger partial charge in [0.15, 0.2) is 0 Å². The van der Waals surface area contributed by atoms with Crippen LogP contribution in [0.3, 0.4) is 0 Å². The molecule has 0 saturated heterocycles. The van der Waals surface area contributed by atoms with E-state index >= 15 is 0 Å². The van der Waals surface area contributed by atoms with Crippen molar-refractivity contribution in [3.63, 3.8) is 0 Å². The maximum Gasteiger partial charge on any atom is 0.232 e. The third-order valence-corrected chi connectivity index (χ3v) is 5.40. The van der Waals surface area contributed by atoms with E-state index in [-0.39, 0.29) is 11.8 Å². The number of sulfonamides is 1. The number of nitrogens with zero attached hydrogens (tertiary/aromatic N) is 2. The number of hydrogen-bond acceptors (Lipinski definition) is 4. The summed E-state index contributed by atoms with van der Waals surface area (Å²) < 4.78 is 25.1.